The van der Waals surface area contributed by atoms with Crippen molar-refractivity contribution in [1.82, 2.24) is 24.7 Å². The first kappa shape index (κ1) is 19.8. The van der Waals surface area contributed by atoms with Gasteiger partial charge in [-0.05, 0) is 31.0 Å². The fraction of sp³-hybridized carbons (Fsp3) is 0.250. The third-order valence-corrected chi connectivity index (χ3v) is 5.22. The highest BCUT2D eigenvalue weighted by atomic mass is 35.5. The number of hydrogen-bond acceptors (Lipinski definition) is 5. The number of amides is 1. The number of aryl methyl sites for hydroxylation is 1. The Balaban J connectivity index is 1.92. The second-order valence-electron chi connectivity index (χ2n) is 7.14. The minimum absolute atomic E-state index is 0.0225. The summed E-state index contributed by atoms with van der Waals surface area (Å²) in [5.74, 6) is -0.274. The average Bonchev–Trinajstić information content (AvgIpc) is 3.11. The fourth-order valence-electron chi connectivity index (χ4n) is 3.34. The summed E-state index contributed by atoms with van der Waals surface area (Å²) in [5, 5.41) is 10.8. The Bertz CT molecular complexity index is 1420. The minimum atomic E-state index is -0.664. The van der Waals surface area contributed by atoms with Gasteiger partial charge in [0, 0.05) is 17.6 Å². The molecule has 4 rings (SSSR count). The van der Waals surface area contributed by atoms with Crippen LogP contribution in [-0.2, 0) is 6.54 Å². The summed E-state index contributed by atoms with van der Waals surface area (Å²) >= 11 is 6.16. The topological polar surface area (TPSA) is 126 Å². The number of halogens is 1. The molecule has 154 valence electrons. The fourth-order valence-corrected chi connectivity index (χ4v) is 3.56. The van der Waals surface area contributed by atoms with Crippen LogP contribution in [0.2, 0.25) is 5.02 Å². The van der Waals surface area contributed by atoms with Crippen LogP contribution in [0.5, 0.6) is 0 Å². The molecule has 0 fully saturated rings. The number of fused-ring (bicyclic) bond motifs is 2. The molecule has 4 aromatic rings. The molecule has 0 saturated carbocycles. The molecule has 9 nitrogen and oxygen atoms in total. The largest absolute Gasteiger partial charge is 0.329 e. The molecule has 0 saturated heterocycles. The Morgan fingerprint density at radius 1 is 1.30 bits per heavy atom. The molecule has 0 radical (unpaired) electrons. The number of anilines is 1. The van der Waals surface area contributed by atoms with Gasteiger partial charge in [-0.1, -0.05) is 31.5 Å². The first-order valence-electron chi connectivity index (χ1n) is 9.43. The van der Waals surface area contributed by atoms with E-state index in [1.165, 1.54) is 4.57 Å². The molecular formula is C20H19ClN6O3. The highest BCUT2D eigenvalue weighted by Crippen LogP contribution is 2.27. The van der Waals surface area contributed by atoms with Crippen LogP contribution in [0.4, 0.5) is 5.82 Å². The molecular weight excluding hydrogens is 408 g/mol. The van der Waals surface area contributed by atoms with Crippen LogP contribution in [0.15, 0.2) is 33.9 Å². The minimum Gasteiger partial charge on any atom is -0.305 e. The maximum Gasteiger partial charge on any atom is 0.329 e. The molecule has 0 atom stereocenters. The van der Waals surface area contributed by atoms with Crippen LogP contribution in [0, 0.1) is 0 Å². The molecule has 30 heavy (non-hydrogen) atoms. The number of H-pyrrole nitrogens is 2. The number of para-hydroxylation sites is 1. The molecule has 3 N–H and O–H groups in total. The summed E-state index contributed by atoms with van der Waals surface area (Å²) in [6, 6.07) is 6.80. The average molecular weight is 427 g/mol. The zero-order valence-corrected chi connectivity index (χ0v) is 17.3. The molecule has 0 aliphatic carbocycles. The highest BCUT2D eigenvalue weighted by molar-refractivity contribution is 6.35. The normalized spacial score (nSPS) is 11.5. The van der Waals surface area contributed by atoms with Gasteiger partial charge in [0.1, 0.15) is 0 Å². The van der Waals surface area contributed by atoms with E-state index in [1.807, 2.05) is 13.8 Å². The van der Waals surface area contributed by atoms with E-state index in [0.29, 0.717) is 28.2 Å². The molecule has 3 aromatic heterocycles. The smallest absolute Gasteiger partial charge is 0.305 e. The van der Waals surface area contributed by atoms with Crippen molar-refractivity contribution in [1.29, 1.82) is 0 Å². The van der Waals surface area contributed by atoms with Crippen LogP contribution in [-0.4, -0.2) is 30.6 Å². The lowest BCUT2D eigenvalue weighted by Gasteiger charge is -2.13. The van der Waals surface area contributed by atoms with E-state index in [1.54, 1.807) is 31.2 Å². The number of hydrogen-bond donors (Lipinski definition) is 3. The second-order valence-corrected chi connectivity index (χ2v) is 7.55. The third kappa shape index (κ3) is 3.17. The molecule has 1 aromatic carbocycles. The van der Waals surface area contributed by atoms with Crippen LogP contribution in [0.1, 0.15) is 42.7 Å². The van der Waals surface area contributed by atoms with Crippen molar-refractivity contribution in [3.63, 3.8) is 0 Å². The number of carbonyl (C=O) groups is 1. The van der Waals surface area contributed by atoms with Gasteiger partial charge in [0.15, 0.2) is 11.5 Å². The number of benzene rings is 1. The van der Waals surface area contributed by atoms with E-state index in [-0.39, 0.29) is 28.3 Å². The van der Waals surface area contributed by atoms with Crippen LogP contribution in [0.25, 0.3) is 21.9 Å². The summed E-state index contributed by atoms with van der Waals surface area (Å²) in [4.78, 5) is 44.8. The SMILES string of the molecule is CCn1c(=O)[nH]c(=O)c2c(C(=O)Nc3n[nH]c4c(Cl)cccc34)cc(C(C)C)nc21. The molecule has 10 heteroatoms. The lowest BCUT2D eigenvalue weighted by atomic mass is 10.0. The molecule has 0 aliphatic heterocycles. The summed E-state index contributed by atoms with van der Waals surface area (Å²) in [7, 11) is 0. The summed E-state index contributed by atoms with van der Waals surface area (Å²) in [6.45, 7) is 5.90. The first-order chi connectivity index (χ1) is 14.3. The van der Waals surface area contributed by atoms with E-state index >= 15 is 0 Å². The third-order valence-electron chi connectivity index (χ3n) is 4.90. The van der Waals surface area contributed by atoms with Gasteiger partial charge in [-0.25, -0.2) is 9.78 Å². The molecule has 0 unspecified atom stereocenters. The number of nitrogens with one attached hydrogen (secondary N) is 3. The Morgan fingerprint density at radius 3 is 2.77 bits per heavy atom. The Morgan fingerprint density at radius 2 is 2.07 bits per heavy atom. The quantitative estimate of drug-likeness (QED) is 0.462. The van der Waals surface area contributed by atoms with E-state index in [2.05, 4.69) is 25.5 Å². The van der Waals surface area contributed by atoms with Gasteiger partial charge >= 0.3 is 5.69 Å². The number of aromatic amines is 2. The number of nitrogens with zero attached hydrogens (tertiary/aromatic N) is 3. The van der Waals surface area contributed by atoms with Gasteiger partial charge in [0.2, 0.25) is 0 Å². The Kier molecular flexibility index (Phi) is 4.90. The van der Waals surface area contributed by atoms with E-state index in [9.17, 15) is 14.4 Å². The van der Waals surface area contributed by atoms with Gasteiger partial charge in [0.25, 0.3) is 11.5 Å². The van der Waals surface area contributed by atoms with Crippen molar-refractivity contribution in [2.75, 3.05) is 5.32 Å². The van der Waals surface area contributed by atoms with Crippen LogP contribution in [0.3, 0.4) is 0 Å². The lowest BCUT2D eigenvalue weighted by molar-refractivity contribution is 0.102. The van der Waals surface area contributed by atoms with Crippen LogP contribution < -0.4 is 16.6 Å². The van der Waals surface area contributed by atoms with Crippen LogP contribution >= 0.6 is 11.6 Å². The zero-order chi connectivity index (χ0) is 21.6. The maximum atomic E-state index is 13.2. The zero-order valence-electron chi connectivity index (χ0n) is 16.5. The standard InChI is InChI=1S/C20H19ClN6O3/c1-4-27-17-14(19(29)24-20(27)30)11(8-13(22-17)9(2)3)18(28)23-16-10-6-5-7-12(21)15(10)25-26-16/h5-9H,4H2,1-3H3,(H,24,29,30)(H2,23,25,26,28). The second kappa shape index (κ2) is 7.42. The predicted octanol–water partition coefficient (Wildman–Crippen LogP) is 3.01. The van der Waals surface area contributed by atoms with Crippen molar-refractivity contribution >= 4 is 45.3 Å². The van der Waals surface area contributed by atoms with Crippen molar-refractivity contribution in [2.24, 2.45) is 0 Å². The van der Waals surface area contributed by atoms with E-state index in [4.69, 9.17) is 11.6 Å². The Labute approximate surface area is 175 Å². The van der Waals surface area contributed by atoms with Gasteiger partial charge < -0.3 is 5.32 Å². The molecule has 0 bridgehead atoms. The maximum absolute atomic E-state index is 13.2. The number of rotatable bonds is 4. The van der Waals surface area contributed by atoms with Crippen molar-refractivity contribution in [2.45, 2.75) is 33.2 Å². The monoisotopic (exact) mass is 426 g/mol. The predicted molar refractivity (Wildman–Crippen MR) is 115 cm³/mol. The number of aromatic nitrogens is 5. The highest BCUT2D eigenvalue weighted by Gasteiger charge is 2.21. The molecule has 0 aliphatic rings. The van der Waals surface area contributed by atoms with Crippen molar-refractivity contribution in [3.8, 4) is 0 Å². The molecule has 1 amide bonds. The summed E-state index contributed by atoms with van der Waals surface area (Å²) in [5.41, 5.74) is 0.248. The summed E-state index contributed by atoms with van der Waals surface area (Å²) < 4.78 is 1.34. The number of pyridine rings is 1. The molecule has 0 spiro atoms. The van der Waals surface area contributed by atoms with Crippen molar-refractivity contribution in [3.05, 3.63) is 61.4 Å². The first-order valence-corrected chi connectivity index (χ1v) is 9.81. The van der Waals surface area contributed by atoms with Gasteiger partial charge in [-0.3, -0.25) is 24.2 Å². The lowest BCUT2D eigenvalue weighted by Crippen LogP contribution is -2.32. The Hall–Kier alpha value is -3.46. The van der Waals surface area contributed by atoms with Gasteiger partial charge in [-0.15, -0.1) is 0 Å². The molecule has 3 heterocycles. The van der Waals surface area contributed by atoms with Crippen molar-refractivity contribution < 1.29 is 4.79 Å². The van der Waals surface area contributed by atoms with Gasteiger partial charge in [0.05, 0.1) is 21.5 Å². The van der Waals surface area contributed by atoms with E-state index in [0.717, 1.165) is 0 Å². The number of carbonyl (C=O) groups excluding carboxylic acids is 1. The summed E-state index contributed by atoms with van der Waals surface area (Å²) in [6.07, 6.45) is 0. The van der Waals surface area contributed by atoms with Gasteiger partial charge in [-0.2, -0.15) is 5.10 Å². The van der Waals surface area contributed by atoms with E-state index < -0.39 is 17.2 Å².